The van der Waals surface area contributed by atoms with E-state index in [1.165, 1.54) is 6.07 Å². The topological polar surface area (TPSA) is 33.6 Å². The molecule has 2 aromatic rings. The summed E-state index contributed by atoms with van der Waals surface area (Å²) in [7, 11) is 0. The van der Waals surface area contributed by atoms with E-state index in [1.54, 1.807) is 12.1 Å². The predicted molar refractivity (Wildman–Crippen MR) is 80.7 cm³/mol. The SMILES string of the molecule is Fc1ccccc1COCc1ccc(C2=NCCN2)cc1. The Balaban J connectivity index is 1.55. The maximum absolute atomic E-state index is 13.4. The van der Waals surface area contributed by atoms with Crippen molar-refractivity contribution in [1.29, 1.82) is 0 Å². The lowest BCUT2D eigenvalue weighted by molar-refractivity contribution is 0.105. The van der Waals surface area contributed by atoms with Crippen LogP contribution in [0.15, 0.2) is 53.5 Å². The number of hydrogen-bond acceptors (Lipinski definition) is 3. The van der Waals surface area contributed by atoms with Gasteiger partial charge in [-0.1, -0.05) is 42.5 Å². The first-order chi connectivity index (χ1) is 10.3. The number of rotatable bonds is 5. The fourth-order valence-corrected chi connectivity index (χ4v) is 2.24. The van der Waals surface area contributed by atoms with Crippen molar-refractivity contribution in [2.24, 2.45) is 4.99 Å². The molecule has 2 aromatic carbocycles. The normalized spacial score (nSPS) is 13.9. The quantitative estimate of drug-likeness (QED) is 0.916. The molecule has 0 aromatic heterocycles. The van der Waals surface area contributed by atoms with Gasteiger partial charge in [0, 0.05) is 17.7 Å². The van der Waals surface area contributed by atoms with Gasteiger partial charge in [0.25, 0.3) is 0 Å². The molecule has 0 amide bonds. The number of amidine groups is 1. The summed E-state index contributed by atoms with van der Waals surface area (Å²) in [5, 5.41) is 3.24. The first kappa shape index (κ1) is 13.8. The average Bonchev–Trinajstić information content (AvgIpc) is 3.04. The molecule has 0 atom stereocenters. The number of ether oxygens (including phenoxy) is 1. The van der Waals surface area contributed by atoms with Gasteiger partial charge in [0.2, 0.25) is 0 Å². The van der Waals surface area contributed by atoms with Crippen LogP contribution < -0.4 is 5.32 Å². The molecule has 21 heavy (non-hydrogen) atoms. The van der Waals surface area contributed by atoms with Crippen molar-refractivity contribution in [1.82, 2.24) is 5.32 Å². The highest BCUT2D eigenvalue weighted by Gasteiger charge is 2.07. The molecule has 3 nitrogen and oxygen atoms in total. The number of aliphatic imine (C=N–C) groups is 1. The van der Waals surface area contributed by atoms with E-state index in [0.717, 1.165) is 30.1 Å². The van der Waals surface area contributed by atoms with Crippen LogP contribution in [0, 0.1) is 5.82 Å². The zero-order valence-corrected chi connectivity index (χ0v) is 11.7. The van der Waals surface area contributed by atoms with Crippen LogP contribution >= 0.6 is 0 Å². The summed E-state index contributed by atoms with van der Waals surface area (Å²) < 4.78 is 19.0. The Morgan fingerprint density at radius 1 is 1.05 bits per heavy atom. The van der Waals surface area contributed by atoms with Crippen LogP contribution in [-0.4, -0.2) is 18.9 Å². The Morgan fingerprint density at radius 3 is 2.57 bits per heavy atom. The molecule has 0 saturated heterocycles. The summed E-state index contributed by atoms with van der Waals surface area (Å²) in [6.45, 7) is 2.49. The largest absolute Gasteiger partial charge is 0.372 e. The van der Waals surface area contributed by atoms with Gasteiger partial charge in [-0.15, -0.1) is 0 Å². The van der Waals surface area contributed by atoms with E-state index in [0.29, 0.717) is 12.2 Å². The van der Waals surface area contributed by atoms with Crippen molar-refractivity contribution >= 4 is 5.84 Å². The van der Waals surface area contributed by atoms with Gasteiger partial charge >= 0.3 is 0 Å². The molecular formula is C17H17FN2O. The third-order valence-corrected chi connectivity index (χ3v) is 3.39. The zero-order valence-electron chi connectivity index (χ0n) is 11.7. The minimum atomic E-state index is -0.224. The molecule has 0 spiro atoms. The molecule has 3 rings (SSSR count). The van der Waals surface area contributed by atoms with Crippen LogP contribution in [0.4, 0.5) is 4.39 Å². The van der Waals surface area contributed by atoms with Gasteiger partial charge in [0.1, 0.15) is 11.7 Å². The molecule has 1 N–H and O–H groups in total. The van der Waals surface area contributed by atoms with Crippen molar-refractivity contribution in [3.8, 4) is 0 Å². The van der Waals surface area contributed by atoms with Crippen LogP contribution in [0.3, 0.4) is 0 Å². The van der Waals surface area contributed by atoms with Gasteiger partial charge in [0.05, 0.1) is 19.8 Å². The Morgan fingerprint density at radius 2 is 1.86 bits per heavy atom. The van der Waals surface area contributed by atoms with Crippen molar-refractivity contribution in [3.63, 3.8) is 0 Å². The van der Waals surface area contributed by atoms with Gasteiger partial charge in [-0.25, -0.2) is 4.39 Å². The standard InChI is InChI=1S/C17H17FN2O/c18-16-4-2-1-3-15(16)12-21-11-13-5-7-14(8-6-13)17-19-9-10-20-17/h1-8H,9-12H2,(H,19,20). The van der Waals surface area contributed by atoms with Gasteiger partial charge in [-0.2, -0.15) is 0 Å². The van der Waals surface area contributed by atoms with Gasteiger partial charge in [-0.05, 0) is 11.6 Å². The molecule has 4 heteroatoms. The fourth-order valence-electron chi connectivity index (χ4n) is 2.24. The highest BCUT2D eigenvalue weighted by Crippen LogP contribution is 2.11. The second kappa shape index (κ2) is 6.50. The molecule has 0 unspecified atom stereocenters. The minimum absolute atomic E-state index is 0.224. The van der Waals surface area contributed by atoms with Crippen molar-refractivity contribution < 1.29 is 9.13 Å². The second-order valence-corrected chi connectivity index (χ2v) is 4.94. The lowest BCUT2D eigenvalue weighted by Crippen LogP contribution is -2.19. The first-order valence-corrected chi connectivity index (χ1v) is 7.02. The molecule has 1 aliphatic heterocycles. The zero-order chi connectivity index (χ0) is 14.5. The van der Waals surface area contributed by atoms with Gasteiger partial charge in [0.15, 0.2) is 0 Å². The van der Waals surface area contributed by atoms with Crippen LogP contribution in [0.25, 0.3) is 0 Å². The average molecular weight is 284 g/mol. The van der Waals surface area contributed by atoms with E-state index in [-0.39, 0.29) is 12.4 Å². The molecular weight excluding hydrogens is 267 g/mol. The molecule has 0 saturated carbocycles. The van der Waals surface area contributed by atoms with E-state index >= 15 is 0 Å². The summed E-state index contributed by atoms with van der Waals surface area (Å²) >= 11 is 0. The maximum atomic E-state index is 13.4. The maximum Gasteiger partial charge on any atom is 0.128 e. The van der Waals surface area contributed by atoms with E-state index in [1.807, 2.05) is 30.3 Å². The summed E-state index contributed by atoms with van der Waals surface area (Å²) in [6.07, 6.45) is 0. The number of hydrogen-bond donors (Lipinski definition) is 1. The monoisotopic (exact) mass is 284 g/mol. The van der Waals surface area contributed by atoms with Gasteiger partial charge in [-0.3, -0.25) is 4.99 Å². The van der Waals surface area contributed by atoms with Crippen LogP contribution in [-0.2, 0) is 18.0 Å². The molecule has 0 fully saturated rings. The third kappa shape index (κ3) is 3.47. The highest BCUT2D eigenvalue weighted by molar-refractivity contribution is 5.99. The van der Waals surface area contributed by atoms with E-state index in [4.69, 9.17) is 4.74 Å². The molecule has 1 heterocycles. The molecule has 108 valence electrons. The van der Waals surface area contributed by atoms with Crippen LogP contribution in [0.5, 0.6) is 0 Å². The molecule has 1 aliphatic rings. The minimum Gasteiger partial charge on any atom is -0.372 e. The molecule has 0 aliphatic carbocycles. The number of nitrogens with one attached hydrogen (secondary N) is 1. The first-order valence-electron chi connectivity index (χ1n) is 7.02. The second-order valence-electron chi connectivity index (χ2n) is 4.94. The Kier molecular flexibility index (Phi) is 4.26. The lowest BCUT2D eigenvalue weighted by Gasteiger charge is -2.07. The Labute approximate surface area is 123 Å². The van der Waals surface area contributed by atoms with E-state index in [9.17, 15) is 4.39 Å². The van der Waals surface area contributed by atoms with Crippen molar-refractivity contribution in [2.75, 3.05) is 13.1 Å². The summed E-state index contributed by atoms with van der Waals surface area (Å²) in [4.78, 5) is 4.38. The van der Waals surface area contributed by atoms with Crippen LogP contribution in [0.2, 0.25) is 0 Å². The number of nitrogens with zero attached hydrogens (tertiary/aromatic N) is 1. The van der Waals surface area contributed by atoms with Crippen LogP contribution in [0.1, 0.15) is 16.7 Å². The number of benzene rings is 2. The third-order valence-electron chi connectivity index (χ3n) is 3.39. The Hall–Kier alpha value is -2.20. The van der Waals surface area contributed by atoms with Gasteiger partial charge < -0.3 is 10.1 Å². The van der Waals surface area contributed by atoms with Crippen molar-refractivity contribution in [3.05, 3.63) is 71.0 Å². The summed E-state index contributed by atoms with van der Waals surface area (Å²) in [5.74, 6) is 0.729. The summed E-state index contributed by atoms with van der Waals surface area (Å²) in [5.41, 5.74) is 2.73. The summed E-state index contributed by atoms with van der Waals surface area (Å²) in [6, 6.07) is 14.8. The highest BCUT2D eigenvalue weighted by atomic mass is 19.1. The lowest BCUT2D eigenvalue weighted by atomic mass is 10.1. The smallest absolute Gasteiger partial charge is 0.128 e. The molecule has 0 radical (unpaired) electrons. The molecule has 0 bridgehead atoms. The fraction of sp³-hybridized carbons (Fsp3) is 0.235. The number of halogens is 1. The Bertz CT molecular complexity index is 637. The van der Waals surface area contributed by atoms with E-state index < -0.39 is 0 Å². The van der Waals surface area contributed by atoms with Crippen molar-refractivity contribution in [2.45, 2.75) is 13.2 Å². The van der Waals surface area contributed by atoms with E-state index in [2.05, 4.69) is 10.3 Å². The predicted octanol–water partition coefficient (Wildman–Crippen LogP) is 2.89.